The van der Waals surface area contributed by atoms with Crippen molar-refractivity contribution >= 4 is 9.84 Å². The van der Waals surface area contributed by atoms with Gasteiger partial charge >= 0.3 is 0 Å². The van der Waals surface area contributed by atoms with Crippen LogP contribution in [0.4, 0.5) is 0 Å². The van der Waals surface area contributed by atoms with Gasteiger partial charge in [-0.2, -0.15) is 0 Å². The van der Waals surface area contributed by atoms with E-state index in [-0.39, 0.29) is 12.0 Å². The van der Waals surface area contributed by atoms with Gasteiger partial charge in [-0.15, -0.1) is 0 Å². The molecule has 1 N–H and O–H groups in total. The van der Waals surface area contributed by atoms with Crippen molar-refractivity contribution in [3.63, 3.8) is 0 Å². The molecule has 0 spiro atoms. The van der Waals surface area contributed by atoms with Gasteiger partial charge in [0.1, 0.15) is 0 Å². The molecule has 1 aromatic carbocycles. The van der Waals surface area contributed by atoms with Gasteiger partial charge in [0.2, 0.25) is 0 Å². The number of hydrogen-bond acceptors (Lipinski definition) is 3. The smallest absolute Gasteiger partial charge is 0.150 e. The second kappa shape index (κ2) is 5.41. The molecule has 0 radical (unpaired) electrons. The summed E-state index contributed by atoms with van der Waals surface area (Å²) in [6.45, 7) is 2.06. The summed E-state index contributed by atoms with van der Waals surface area (Å²) in [7, 11) is -0.935. The topological polar surface area (TPSA) is 46.2 Å². The third kappa shape index (κ3) is 3.12. The average molecular weight is 267 g/mol. The molecule has 0 bridgehead atoms. The lowest BCUT2D eigenvalue weighted by Gasteiger charge is -2.30. The maximum absolute atomic E-state index is 11.7. The van der Waals surface area contributed by atoms with Crippen molar-refractivity contribution in [2.75, 3.05) is 18.6 Å². The summed E-state index contributed by atoms with van der Waals surface area (Å²) in [6, 6.07) is 8.49. The van der Waals surface area contributed by atoms with Crippen LogP contribution in [0.15, 0.2) is 24.3 Å². The van der Waals surface area contributed by atoms with E-state index >= 15 is 0 Å². The van der Waals surface area contributed by atoms with E-state index in [1.165, 1.54) is 11.1 Å². The Balaban J connectivity index is 2.20. The van der Waals surface area contributed by atoms with Crippen molar-refractivity contribution in [1.29, 1.82) is 0 Å². The van der Waals surface area contributed by atoms with Gasteiger partial charge in [0.15, 0.2) is 9.84 Å². The van der Waals surface area contributed by atoms with Gasteiger partial charge < -0.3 is 5.32 Å². The summed E-state index contributed by atoms with van der Waals surface area (Å²) in [6.07, 6.45) is 1.77. The molecule has 2 atom stereocenters. The Hall–Kier alpha value is -0.870. The molecule has 100 valence electrons. The Kier molecular flexibility index (Phi) is 4.07. The van der Waals surface area contributed by atoms with E-state index < -0.39 is 9.84 Å². The zero-order valence-corrected chi connectivity index (χ0v) is 11.8. The molecule has 1 aliphatic heterocycles. The van der Waals surface area contributed by atoms with Gasteiger partial charge in [0.25, 0.3) is 0 Å². The van der Waals surface area contributed by atoms with Crippen LogP contribution in [0.2, 0.25) is 0 Å². The summed E-state index contributed by atoms with van der Waals surface area (Å²) in [5, 5.41) is 3.28. The highest BCUT2D eigenvalue weighted by Gasteiger charge is 2.30. The third-order valence-corrected chi connectivity index (χ3v) is 5.56. The van der Waals surface area contributed by atoms with E-state index in [1.54, 1.807) is 0 Å². The predicted octanol–water partition coefficient (Wildman–Crippen LogP) is 2.08. The van der Waals surface area contributed by atoms with Crippen molar-refractivity contribution in [3.05, 3.63) is 35.4 Å². The molecule has 2 rings (SSSR count). The molecular weight excluding hydrogens is 246 g/mol. The van der Waals surface area contributed by atoms with E-state index in [0.717, 1.165) is 12.8 Å². The molecule has 0 saturated carbocycles. The molecular formula is C14H21NO2S. The highest BCUT2D eigenvalue weighted by molar-refractivity contribution is 7.91. The standard InChI is InChI=1S/C14H21NO2S/c1-11-5-7-12(8-6-11)14(15-2)13-4-3-9-18(16,17)10-13/h5-8,13-15H,3-4,9-10H2,1-2H3. The molecule has 3 nitrogen and oxygen atoms in total. The second-order valence-corrected chi connectivity index (χ2v) is 7.42. The number of aryl methyl sites for hydroxylation is 1. The van der Waals surface area contributed by atoms with Gasteiger partial charge in [-0.25, -0.2) is 8.42 Å². The Morgan fingerprint density at radius 1 is 1.28 bits per heavy atom. The van der Waals surface area contributed by atoms with Crippen molar-refractivity contribution in [2.24, 2.45) is 5.92 Å². The van der Waals surface area contributed by atoms with E-state index in [0.29, 0.717) is 11.5 Å². The van der Waals surface area contributed by atoms with Crippen LogP contribution in [0.1, 0.15) is 30.0 Å². The minimum Gasteiger partial charge on any atom is -0.313 e. The maximum atomic E-state index is 11.7. The molecule has 1 aromatic rings. The summed E-state index contributed by atoms with van der Waals surface area (Å²) < 4.78 is 23.5. The molecule has 0 aliphatic carbocycles. The summed E-state index contributed by atoms with van der Waals surface area (Å²) in [5.41, 5.74) is 2.41. The number of rotatable bonds is 3. The Labute approximate surface area is 110 Å². The number of hydrogen-bond donors (Lipinski definition) is 1. The fourth-order valence-electron chi connectivity index (χ4n) is 2.77. The van der Waals surface area contributed by atoms with E-state index in [9.17, 15) is 8.42 Å². The monoisotopic (exact) mass is 267 g/mol. The van der Waals surface area contributed by atoms with E-state index in [1.807, 2.05) is 7.05 Å². The van der Waals surface area contributed by atoms with Crippen LogP contribution in [-0.4, -0.2) is 27.0 Å². The Morgan fingerprint density at radius 3 is 2.50 bits per heavy atom. The summed E-state index contributed by atoms with van der Waals surface area (Å²) in [4.78, 5) is 0. The number of benzene rings is 1. The maximum Gasteiger partial charge on any atom is 0.150 e. The molecule has 0 amide bonds. The van der Waals surface area contributed by atoms with Crippen LogP contribution in [0, 0.1) is 12.8 Å². The second-order valence-electron chi connectivity index (χ2n) is 5.19. The lowest BCUT2D eigenvalue weighted by molar-refractivity contribution is 0.373. The van der Waals surface area contributed by atoms with Gasteiger partial charge in [-0.05, 0) is 38.3 Å². The van der Waals surface area contributed by atoms with E-state index in [4.69, 9.17) is 0 Å². The normalized spacial score (nSPS) is 24.7. The SMILES string of the molecule is CNC(c1ccc(C)cc1)C1CCCS(=O)(=O)C1. The van der Waals surface area contributed by atoms with Crippen molar-refractivity contribution < 1.29 is 8.42 Å². The lowest BCUT2D eigenvalue weighted by Crippen LogP contribution is -2.34. The predicted molar refractivity (Wildman–Crippen MR) is 74.4 cm³/mol. The van der Waals surface area contributed by atoms with Gasteiger partial charge in [-0.3, -0.25) is 0 Å². The highest BCUT2D eigenvalue weighted by atomic mass is 32.2. The fourth-order valence-corrected chi connectivity index (χ4v) is 4.55. The van der Waals surface area contributed by atoms with Gasteiger partial charge in [0, 0.05) is 6.04 Å². The molecule has 1 heterocycles. The van der Waals surface area contributed by atoms with Crippen LogP contribution in [-0.2, 0) is 9.84 Å². The quantitative estimate of drug-likeness (QED) is 0.912. The largest absolute Gasteiger partial charge is 0.313 e. The lowest BCUT2D eigenvalue weighted by atomic mass is 9.90. The zero-order chi connectivity index (χ0) is 13.2. The van der Waals surface area contributed by atoms with Crippen molar-refractivity contribution in [1.82, 2.24) is 5.32 Å². The first-order chi connectivity index (χ1) is 8.52. The zero-order valence-electron chi connectivity index (χ0n) is 11.0. The molecule has 1 fully saturated rings. The highest BCUT2D eigenvalue weighted by Crippen LogP contribution is 2.30. The minimum absolute atomic E-state index is 0.140. The molecule has 1 aliphatic rings. The van der Waals surface area contributed by atoms with Crippen LogP contribution >= 0.6 is 0 Å². The first-order valence-electron chi connectivity index (χ1n) is 6.46. The fraction of sp³-hybridized carbons (Fsp3) is 0.571. The Bertz CT molecular complexity index is 493. The minimum atomic E-state index is -2.84. The van der Waals surface area contributed by atoms with Gasteiger partial charge in [-0.1, -0.05) is 29.8 Å². The molecule has 18 heavy (non-hydrogen) atoms. The van der Waals surface area contributed by atoms with Crippen LogP contribution < -0.4 is 5.32 Å². The third-order valence-electron chi connectivity index (χ3n) is 3.72. The Morgan fingerprint density at radius 2 is 1.94 bits per heavy atom. The first-order valence-corrected chi connectivity index (χ1v) is 8.28. The first kappa shape index (κ1) is 13.6. The summed E-state index contributed by atoms with van der Waals surface area (Å²) in [5.74, 6) is 0.858. The number of nitrogens with one attached hydrogen (secondary N) is 1. The van der Waals surface area contributed by atoms with Crippen LogP contribution in [0.3, 0.4) is 0 Å². The van der Waals surface area contributed by atoms with Crippen molar-refractivity contribution in [2.45, 2.75) is 25.8 Å². The number of sulfone groups is 1. The molecule has 2 unspecified atom stereocenters. The molecule has 1 saturated heterocycles. The van der Waals surface area contributed by atoms with Crippen LogP contribution in [0.25, 0.3) is 0 Å². The van der Waals surface area contributed by atoms with Crippen molar-refractivity contribution in [3.8, 4) is 0 Å². The van der Waals surface area contributed by atoms with Crippen LogP contribution in [0.5, 0.6) is 0 Å². The van der Waals surface area contributed by atoms with E-state index in [2.05, 4.69) is 36.5 Å². The van der Waals surface area contributed by atoms with Gasteiger partial charge in [0.05, 0.1) is 11.5 Å². The average Bonchev–Trinajstić information content (AvgIpc) is 2.31. The molecule has 4 heteroatoms. The summed E-state index contributed by atoms with van der Waals surface area (Å²) >= 11 is 0. The molecule has 0 aromatic heterocycles.